The zero-order chi connectivity index (χ0) is 18.1. The first-order chi connectivity index (χ1) is 11.8. The topological polar surface area (TPSA) is 84.0 Å². The van der Waals surface area contributed by atoms with Crippen LogP contribution in [0.3, 0.4) is 0 Å². The fourth-order valence-corrected chi connectivity index (χ4v) is 4.66. The van der Waals surface area contributed by atoms with Crippen molar-refractivity contribution >= 4 is 38.5 Å². The summed E-state index contributed by atoms with van der Waals surface area (Å²) >= 11 is 1.23. The van der Waals surface area contributed by atoms with Gasteiger partial charge in [-0.3, -0.25) is 0 Å². The van der Waals surface area contributed by atoms with Gasteiger partial charge in [0.2, 0.25) is 10.0 Å². The number of benzene rings is 1. The molecule has 1 heterocycles. The van der Waals surface area contributed by atoms with Crippen LogP contribution >= 0.6 is 11.7 Å². The molecule has 3 rings (SSSR count). The molecule has 1 aromatic heterocycles. The highest BCUT2D eigenvalue weighted by Gasteiger charge is 2.32. The van der Waals surface area contributed by atoms with Crippen LogP contribution in [0.4, 0.5) is 5.69 Å². The van der Waals surface area contributed by atoms with Gasteiger partial charge in [-0.15, -0.1) is 0 Å². The average Bonchev–Trinajstić information content (AvgIpc) is 3.02. The molecule has 2 N–H and O–H groups in total. The van der Waals surface area contributed by atoms with Crippen LogP contribution in [0.5, 0.6) is 0 Å². The van der Waals surface area contributed by atoms with Gasteiger partial charge in [-0.2, -0.15) is 8.75 Å². The summed E-state index contributed by atoms with van der Waals surface area (Å²) in [6.07, 6.45) is 3.83. The maximum atomic E-state index is 12.3. The minimum atomic E-state index is -3.27. The lowest BCUT2D eigenvalue weighted by Gasteiger charge is -2.31. The van der Waals surface area contributed by atoms with Gasteiger partial charge in [-0.1, -0.05) is 6.07 Å². The van der Waals surface area contributed by atoms with E-state index in [0.29, 0.717) is 5.92 Å². The summed E-state index contributed by atoms with van der Waals surface area (Å²) in [5, 5.41) is 3.50. The Kier molecular flexibility index (Phi) is 5.31. The van der Waals surface area contributed by atoms with Crippen LogP contribution < -0.4 is 10.0 Å². The van der Waals surface area contributed by atoms with E-state index < -0.39 is 14.8 Å². The van der Waals surface area contributed by atoms with E-state index in [4.69, 9.17) is 0 Å². The van der Waals surface area contributed by atoms with Gasteiger partial charge in [0.05, 0.1) is 22.2 Å². The highest BCUT2D eigenvalue weighted by molar-refractivity contribution is 7.90. The van der Waals surface area contributed by atoms with Crippen molar-refractivity contribution in [2.75, 3.05) is 11.9 Å². The van der Waals surface area contributed by atoms with Crippen LogP contribution in [-0.4, -0.2) is 34.5 Å². The Bertz CT molecular complexity index is 819. The van der Waals surface area contributed by atoms with Gasteiger partial charge in [0, 0.05) is 12.6 Å². The summed E-state index contributed by atoms with van der Waals surface area (Å²) in [6.45, 7) is 6.09. The maximum absolute atomic E-state index is 12.3. The molecule has 8 heteroatoms. The van der Waals surface area contributed by atoms with Crippen molar-refractivity contribution in [2.24, 2.45) is 5.92 Å². The van der Waals surface area contributed by atoms with Crippen LogP contribution in [0.2, 0.25) is 0 Å². The van der Waals surface area contributed by atoms with Gasteiger partial charge < -0.3 is 5.32 Å². The van der Waals surface area contributed by atoms with Crippen LogP contribution in [0.15, 0.2) is 18.2 Å². The van der Waals surface area contributed by atoms with Crippen LogP contribution in [-0.2, 0) is 10.0 Å². The SMILES string of the molecule is CC(C)(C)S(=O)(=O)N[C@H]1CC[C@H](CNc2cccc3nsnc23)CC1. The fraction of sp³-hybridized carbons (Fsp3) is 0.647. The van der Waals surface area contributed by atoms with Crippen LogP contribution in [0.25, 0.3) is 11.0 Å². The summed E-state index contributed by atoms with van der Waals surface area (Å²) in [7, 11) is -3.27. The second-order valence-corrected chi connectivity index (χ2v) is 10.8. The van der Waals surface area contributed by atoms with Crippen molar-refractivity contribution in [3.05, 3.63) is 18.2 Å². The normalized spacial score (nSPS) is 22.2. The van der Waals surface area contributed by atoms with Gasteiger partial charge in [-0.25, -0.2) is 13.1 Å². The highest BCUT2D eigenvalue weighted by atomic mass is 32.2. The van der Waals surface area contributed by atoms with E-state index in [1.807, 2.05) is 18.2 Å². The smallest absolute Gasteiger partial charge is 0.216 e. The fourth-order valence-electron chi connectivity index (χ4n) is 3.08. The molecule has 6 nitrogen and oxygen atoms in total. The standard InChI is InChI=1S/C17H26N4O2S2/c1-17(2,3)25(22,23)21-13-9-7-12(8-10-13)11-18-14-5-4-6-15-16(14)20-24-19-15/h4-6,12-13,18,21H,7-11H2,1-3H3/t12-,13-. The van der Waals surface area contributed by atoms with E-state index in [2.05, 4.69) is 18.8 Å². The quantitative estimate of drug-likeness (QED) is 0.828. The third kappa shape index (κ3) is 4.30. The molecule has 1 aromatic carbocycles. The largest absolute Gasteiger partial charge is 0.383 e. The molecule has 1 saturated carbocycles. The van der Waals surface area contributed by atoms with Crippen molar-refractivity contribution in [1.29, 1.82) is 0 Å². The zero-order valence-electron chi connectivity index (χ0n) is 14.9. The number of rotatable bonds is 5. The molecular formula is C17H26N4O2S2. The van der Waals surface area contributed by atoms with E-state index in [9.17, 15) is 8.42 Å². The first-order valence-electron chi connectivity index (χ1n) is 8.73. The predicted octanol–water partition coefficient (Wildman–Crippen LogP) is 3.38. The summed E-state index contributed by atoms with van der Waals surface area (Å²) in [6, 6.07) is 6.06. The Labute approximate surface area is 153 Å². The van der Waals surface area contributed by atoms with Gasteiger partial charge in [-0.05, 0) is 64.5 Å². The Morgan fingerprint density at radius 1 is 1.16 bits per heavy atom. The first kappa shape index (κ1) is 18.5. The third-order valence-electron chi connectivity index (χ3n) is 4.84. The molecule has 25 heavy (non-hydrogen) atoms. The van der Waals surface area contributed by atoms with Gasteiger partial charge in [0.15, 0.2) is 0 Å². The summed E-state index contributed by atoms with van der Waals surface area (Å²) in [4.78, 5) is 0. The summed E-state index contributed by atoms with van der Waals surface area (Å²) in [5.74, 6) is 0.553. The molecule has 0 saturated heterocycles. The Hall–Kier alpha value is -1.25. The second-order valence-electron chi connectivity index (χ2n) is 7.77. The van der Waals surface area contributed by atoms with E-state index >= 15 is 0 Å². The van der Waals surface area contributed by atoms with Crippen LogP contribution in [0, 0.1) is 5.92 Å². The molecule has 1 aliphatic carbocycles. The third-order valence-corrected chi connectivity index (χ3v) is 7.64. The minimum absolute atomic E-state index is 0.0617. The number of hydrogen-bond donors (Lipinski definition) is 2. The predicted molar refractivity (Wildman–Crippen MR) is 103 cm³/mol. The summed E-state index contributed by atoms with van der Waals surface area (Å²) in [5.41, 5.74) is 2.89. The molecule has 0 aliphatic heterocycles. The number of fused-ring (bicyclic) bond motifs is 1. The molecule has 2 aromatic rings. The van der Waals surface area contributed by atoms with E-state index in [1.165, 1.54) is 11.7 Å². The molecule has 0 amide bonds. The monoisotopic (exact) mass is 382 g/mol. The molecule has 0 radical (unpaired) electrons. The number of nitrogens with one attached hydrogen (secondary N) is 2. The first-order valence-corrected chi connectivity index (χ1v) is 10.9. The van der Waals surface area contributed by atoms with Gasteiger partial charge in [0.25, 0.3) is 0 Å². The van der Waals surface area contributed by atoms with E-state index in [0.717, 1.165) is 48.9 Å². The number of anilines is 1. The second kappa shape index (κ2) is 7.17. The minimum Gasteiger partial charge on any atom is -0.383 e. The van der Waals surface area contributed by atoms with Crippen molar-refractivity contribution < 1.29 is 8.42 Å². The van der Waals surface area contributed by atoms with Crippen molar-refractivity contribution in [2.45, 2.75) is 57.2 Å². The van der Waals surface area contributed by atoms with Gasteiger partial charge >= 0.3 is 0 Å². The number of aromatic nitrogens is 2. The lowest BCUT2D eigenvalue weighted by atomic mass is 9.86. The van der Waals surface area contributed by atoms with Gasteiger partial charge in [0.1, 0.15) is 11.0 Å². The molecule has 0 unspecified atom stereocenters. The number of sulfonamides is 1. The van der Waals surface area contributed by atoms with Crippen molar-refractivity contribution in [3.63, 3.8) is 0 Å². The lowest BCUT2D eigenvalue weighted by Crippen LogP contribution is -2.46. The molecule has 1 fully saturated rings. The van der Waals surface area contributed by atoms with E-state index in [1.54, 1.807) is 20.8 Å². The zero-order valence-corrected chi connectivity index (χ0v) is 16.6. The molecule has 0 atom stereocenters. The number of nitrogens with zero attached hydrogens (tertiary/aromatic N) is 2. The molecule has 1 aliphatic rings. The molecular weight excluding hydrogens is 356 g/mol. The highest BCUT2D eigenvalue weighted by Crippen LogP contribution is 2.28. The molecule has 0 bridgehead atoms. The number of hydrogen-bond acceptors (Lipinski definition) is 6. The Balaban J connectivity index is 1.51. The summed E-state index contributed by atoms with van der Waals surface area (Å²) < 4.78 is 35.3. The Morgan fingerprint density at radius 3 is 2.56 bits per heavy atom. The molecule has 138 valence electrons. The average molecular weight is 383 g/mol. The van der Waals surface area contributed by atoms with Crippen molar-refractivity contribution in [3.8, 4) is 0 Å². The van der Waals surface area contributed by atoms with Crippen LogP contribution in [0.1, 0.15) is 46.5 Å². The maximum Gasteiger partial charge on any atom is 0.216 e. The molecule has 0 spiro atoms. The van der Waals surface area contributed by atoms with Crippen molar-refractivity contribution in [1.82, 2.24) is 13.5 Å². The Morgan fingerprint density at radius 2 is 1.88 bits per heavy atom. The van der Waals surface area contributed by atoms with E-state index in [-0.39, 0.29) is 6.04 Å². The lowest BCUT2D eigenvalue weighted by molar-refractivity contribution is 0.322.